The molecule has 0 aliphatic carbocycles. The van der Waals surface area contributed by atoms with Gasteiger partial charge in [-0.3, -0.25) is 14.4 Å². The SMILES string of the molecule is CCCNC(=O)CN(CCC)C(=O)CCNC(=O)c1ccc2ccccc2c1. The van der Waals surface area contributed by atoms with E-state index < -0.39 is 0 Å². The third kappa shape index (κ3) is 6.37. The van der Waals surface area contributed by atoms with E-state index >= 15 is 0 Å². The highest BCUT2D eigenvalue weighted by Gasteiger charge is 2.16. The Morgan fingerprint density at radius 3 is 2.36 bits per heavy atom. The van der Waals surface area contributed by atoms with Gasteiger partial charge in [-0.15, -0.1) is 0 Å². The minimum Gasteiger partial charge on any atom is -0.355 e. The Morgan fingerprint density at radius 1 is 0.893 bits per heavy atom. The standard InChI is InChI=1S/C22H29N3O3/c1-3-12-23-20(26)16-25(14-4-2)21(27)11-13-24-22(28)19-10-9-17-7-5-6-8-18(17)15-19/h5-10,15H,3-4,11-14,16H2,1-2H3,(H,23,26)(H,24,28). The largest absolute Gasteiger partial charge is 0.355 e. The molecule has 0 fully saturated rings. The van der Waals surface area contributed by atoms with Gasteiger partial charge in [0.2, 0.25) is 11.8 Å². The average molecular weight is 383 g/mol. The molecular formula is C22H29N3O3. The molecule has 28 heavy (non-hydrogen) atoms. The molecule has 2 rings (SSSR count). The Bertz CT molecular complexity index is 820. The normalized spacial score (nSPS) is 10.5. The zero-order chi connectivity index (χ0) is 20.4. The summed E-state index contributed by atoms with van der Waals surface area (Å²) in [6.07, 6.45) is 1.80. The van der Waals surface area contributed by atoms with E-state index in [-0.39, 0.29) is 37.2 Å². The van der Waals surface area contributed by atoms with Gasteiger partial charge in [0.1, 0.15) is 0 Å². The van der Waals surface area contributed by atoms with E-state index in [0.29, 0.717) is 18.7 Å². The quantitative estimate of drug-likeness (QED) is 0.662. The van der Waals surface area contributed by atoms with Gasteiger partial charge in [-0.05, 0) is 35.7 Å². The number of carbonyl (C=O) groups excluding carboxylic acids is 3. The summed E-state index contributed by atoms with van der Waals surface area (Å²) in [5.74, 6) is -0.488. The first-order valence-corrected chi connectivity index (χ1v) is 9.86. The van der Waals surface area contributed by atoms with Crippen LogP contribution in [0.25, 0.3) is 10.8 Å². The van der Waals surface area contributed by atoms with Crippen LogP contribution in [0.2, 0.25) is 0 Å². The topological polar surface area (TPSA) is 78.5 Å². The highest BCUT2D eigenvalue weighted by atomic mass is 16.2. The molecular weight excluding hydrogens is 354 g/mol. The van der Waals surface area contributed by atoms with Crippen LogP contribution in [-0.4, -0.2) is 48.8 Å². The molecule has 0 aliphatic rings. The first-order chi connectivity index (χ1) is 13.5. The molecule has 3 amide bonds. The molecule has 2 aromatic carbocycles. The number of rotatable bonds is 10. The summed E-state index contributed by atoms with van der Waals surface area (Å²) < 4.78 is 0. The second-order valence-electron chi connectivity index (χ2n) is 6.73. The van der Waals surface area contributed by atoms with Crippen LogP contribution in [0.4, 0.5) is 0 Å². The fraction of sp³-hybridized carbons (Fsp3) is 0.409. The number of hydrogen-bond acceptors (Lipinski definition) is 3. The van der Waals surface area contributed by atoms with Gasteiger partial charge in [0.25, 0.3) is 5.91 Å². The minimum atomic E-state index is -0.207. The number of benzene rings is 2. The first-order valence-electron chi connectivity index (χ1n) is 9.86. The maximum absolute atomic E-state index is 12.4. The lowest BCUT2D eigenvalue weighted by Crippen LogP contribution is -2.42. The molecule has 0 saturated carbocycles. The number of fused-ring (bicyclic) bond motifs is 1. The molecule has 0 unspecified atom stereocenters. The van der Waals surface area contributed by atoms with Crippen molar-refractivity contribution >= 4 is 28.5 Å². The molecule has 0 aliphatic heterocycles. The number of amides is 3. The summed E-state index contributed by atoms with van der Waals surface area (Å²) in [7, 11) is 0. The Kier molecular flexibility index (Phi) is 8.46. The molecule has 150 valence electrons. The van der Waals surface area contributed by atoms with Gasteiger partial charge >= 0.3 is 0 Å². The van der Waals surface area contributed by atoms with Crippen LogP contribution < -0.4 is 10.6 Å². The monoisotopic (exact) mass is 383 g/mol. The van der Waals surface area contributed by atoms with Crippen LogP contribution in [0.5, 0.6) is 0 Å². The van der Waals surface area contributed by atoms with Crippen molar-refractivity contribution in [3.63, 3.8) is 0 Å². The van der Waals surface area contributed by atoms with Crippen LogP contribution in [0.1, 0.15) is 43.5 Å². The van der Waals surface area contributed by atoms with Crippen LogP contribution in [0, 0.1) is 0 Å². The third-order valence-corrected chi connectivity index (χ3v) is 4.39. The van der Waals surface area contributed by atoms with E-state index in [9.17, 15) is 14.4 Å². The fourth-order valence-corrected chi connectivity index (χ4v) is 2.93. The summed E-state index contributed by atoms with van der Waals surface area (Å²) in [4.78, 5) is 38.2. The highest BCUT2D eigenvalue weighted by molar-refractivity contribution is 5.98. The Labute approximate surface area is 166 Å². The van der Waals surface area contributed by atoms with Crippen LogP contribution in [0.15, 0.2) is 42.5 Å². The Morgan fingerprint density at radius 2 is 1.64 bits per heavy atom. The van der Waals surface area contributed by atoms with Gasteiger partial charge < -0.3 is 15.5 Å². The Hall–Kier alpha value is -2.89. The van der Waals surface area contributed by atoms with Crippen molar-refractivity contribution in [3.8, 4) is 0 Å². The molecule has 0 atom stereocenters. The molecule has 0 heterocycles. The number of carbonyl (C=O) groups is 3. The predicted octanol–water partition coefficient (Wildman–Crippen LogP) is 2.72. The zero-order valence-corrected chi connectivity index (χ0v) is 16.7. The maximum Gasteiger partial charge on any atom is 0.251 e. The van der Waals surface area contributed by atoms with E-state index in [0.717, 1.165) is 23.6 Å². The molecule has 2 aromatic rings. The van der Waals surface area contributed by atoms with Gasteiger partial charge in [0.05, 0.1) is 6.54 Å². The summed E-state index contributed by atoms with van der Waals surface area (Å²) in [5, 5.41) is 7.65. The second kappa shape index (κ2) is 11.1. The molecule has 0 bridgehead atoms. The van der Waals surface area contributed by atoms with Crippen molar-refractivity contribution in [2.45, 2.75) is 33.1 Å². The van der Waals surface area contributed by atoms with Crippen molar-refractivity contribution < 1.29 is 14.4 Å². The van der Waals surface area contributed by atoms with E-state index in [2.05, 4.69) is 10.6 Å². The second-order valence-corrected chi connectivity index (χ2v) is 6.73. The van der Waals surface area contributed by atoms with Gasteiger partial charge in [-0.2, -0.15) is 0 Å². The van der Waals surface area contributed by atoms with Gasteiger partial charge in [-0.1, -0.05) is 44.2 Å². The minimum absolute atomic E-state index is 0.0608. The van der Waals surface area contributed by atoms with Crippen molar-refractivity contribution in [1.82, 2.24) is 15.5 Å². The van der Waals surface area contributed by atoms with Crippen LogP contribution in [0.3, 0.4) is 0 Å². The first kappa shape index (κ1) is 21.4. The lowest BCUT2D eigenvalue weighted by atomic mass is 10.1. The lowest BCUT2D eigenvalue weighted by molar-refractivity contribution is -0.136. The maximum atomic E-state index is 12.4. The number of hydrogen-bond donors (Lipinski definition) is 2. The zero-order valence-electron chi connectivity index (χ0n) is 16.7. The van der Waals surface area contributed by atoms with Crippen molar-refractivity contribution in [2.24, 2.45) is 0 Å². The van der Waals surface area contributed by atoms with E-state index in [1.807, 2.05) is 50.2 Å². The van der Waals surface area contributed by atoms with Crippen molar-refractivity contribution in [1.29, 1.82) is 0 Å². The van der Waals surface area contributed by atoms with Crippen molar-refractivity contribution in [3.05, 3.63) is 48.0 Å². The summed E-state index contributed by atoms with van der Waals surface area (Å²) >= 11 is 0. The summed E-state index contributed by atoms with van der Waals surface area (Å²) in [6, 6.07) is 13.4. The molecule has 0 aromatic heterocycles. The smallest absolute Gasteiger partial charge is 0.251 e. The Balaban J connectivity index is 1.85. The molecule has 6 heteroatoms. The highest BCUT2D eigenvalue weighted by Crippen LogP contribution is 2.15. The van der Waals surface area contributed by atoms with E-state index in [4.69, 9.17) is 0 Å². The molecule has 0 saturated heterocycles. The summed E-state index contributed by atoms with van der Waals surface area (Å²) in [6.45, 7) is 5.37. The molecule has 0 spiro atoms. The lowest BCUT2D eigenvalue weighted by Gasteiger charge is -2.21. The summed E-state index contributed by atoms with van der Waals surface area (Å²) in [5.41, 5.74) is 0.565. The molecule has 6 nitrogen and oxygen atoms in total. The molecule has 2 N–H and O–H groups in total. The average Bonchev–Trinajstić information content (AvgIpc) is 2.71. The van der Waals surface area contributed by atoms with E-state index in [1.54, 1.807) is 11.0 Å². The number of nitrogens with zero attached hydrogens (tertiary/aromatic N) is 1. The van der Waals surface area contributed by atoms with Gasteiger partial charge in [0, 0.05) is 31.6 Å². The van der Waals surface area contributed by atoms with Crippen LogP contribution >= 0.6 is 0 Å². The third-order valence-electron chi connectivity index (χ3n) is 4.39. The fourth-order valence-electron chi connectivity index (χ4n) is 2.93. The predicted molar refractivity (Wildman–Crippen MR) is 111 cm³/mol. The molecule has 0 radical (unpaired) electrons. The van der Waals surface area contributed by atoms with Gasteiger partial charge in [0.15, 0.2) is 0 Å². The van der Waals surface area contributed by atoms with Crippen molar-refractivity contribution in [2.75, 3.05) is 26.2 Å². The van der Waals surface area contributed by atoms with Crippen LogP contribution in [-0.2, 0) is 9.59 Å². The number of nitrogens with one attached hydrogen (secondary N) is 2. The van der Waals surface area contributed by atoms with E-state index in [1.165, 1.54) is 0 Å². The van der Waals surface area contributed by atoms with Gasteiger partial charge in [-0.25, -0.2) is 0 Å².